The van der Waals surface area contributed by atoms with Crippen molar-refractivity contribution in [2.24, 2.45) is 0 Å². The Balaban J connectivity index is 0.000000291. The van der Waals surface area contributed by atoms with E-state index in [1.165, 1.54) is 5.57 Å². The maximum Gasteiger partial charge on any atom is -0.00620 e. The number of hydrogen-bond acceptors (Lipinski definition) is 0. The minimum Gasteiger partial charge on any atom is -0.125 e. The highest BCUT2D eigenvalue weighted by Gasteiger charge is 1.83. The van der Waals surface area contributed by atoms with Crippen molar-refractivity contribution in [3.8, 4) is 0 Å². The molecule has 0 heteroatoms. The largest absolute Gasteiger partial charge is 0.125 e. The first-order valence-corrected chi connectivity index (χ1v) is 3.46. The highest BCUT2D eigenvalue weighted by molar-refractivity contribution is 5.17. The summed E-state index contributed by atoms with van der Waals surface area (Å²) in [5.74, 6) is 0. The van der Waals surface area contributed by atoms with Gasteiger partial charge in [-0.1, -0.05) is 25.5 Å². The third-order valence-electron chi connectivity index (χ3n) is 1.01. The van der Waals surface area contributed by atoms with Gasteiger partial charge >= 0.3 is 0 Å². The van der Waals surface area contributed by atoms with Gasteiger partial charge in [0, 0.05) is 0 Å². The van der Waals surface area contributed by atoms with E-state index in [0.717, 1.165) is 6.42 Å². The molecular weight excluding hydrogens is 108 g/mol. The van der Waals surface area contributed by atoms with Crippen LogP contribution in [0.5, 0.6) is 0 Å². The van der Waals surface area contributed by atoms with Crippen molar-refractivity contribution in [1.29, 1.82) is 0 Å². The van der Waals surface area contributed by atoms with Crippen molar-refractivity contribution in [3.05, 3.63) is 29.5 Å². The average Bonchev–Trinajstić information content (AvgIpc) is 1.94. The number of rotatable bonds is 0. The fourth-order valence-electron chi connectivity index (χ4n) is 0.546. The third-order valence-corrected chi connectivity index (χ3v) is 1.01. The Morgan fingerprint density at radius 3 is 2.33 bits per heavy atom. The van der Waals surface area contributed by atoms with Crippen molar-refractivity contribution in [2.75, 3.05) is 0 Å². The molecule has 50 valence electrons. The van der Waals surface area contributed by atoms with E-state index in [4.69, 9.17) is 0 Å². The molecule has 0 spiro atoms. The lowest BCUT2D eigenvalue weighted by Gasteiger charge is -1.91. The first kappa shape index (κ1) is 8.26. The van der Waals surface area contributed by atoms with Gasteiger partial charge in [0.15, 0.2) is 0 Å². The molecule has 0 saturated heterocycles. The van der Waals surface area contributed by atoms with Crippen LogP contribution < -0.4 is 0 Å². The SMILES string of the molecule is CC.CC1=CC=C=CC1. The average molecular weight is 122 g/mol. The van der Waals surface area contributed by atoms with Crippen LogP contribution in [0.1, 0.15) is 27.2 Å². The van der Waals surface area contributed by atoms with Crippen molar-refractivity contribution < 1.29 is 0 Å². The Hall–Kier alpha value is -0.740. The van der Waals surface area contributed by atoms with Crippen LogP contribution in [-0.2, 0) is 0 Å². The second-order valence-electron chi connectivity index (χ2n) is 1.75. The molecular formula is C9H14. The van der Waals surface area contributed by atoms with Crippen LogP contribution in [-0.4, -0.2) is 0 Å². The summed E-state index contributed by atoms with van der Waals surface area (Å²) in [4.78, 5) is 0. The monoisotopic (exact) mass is 122 g/mol. The molecule has 9 heavy (non-hydrogen) atoms. The fourth-order valence-corrected chi connectivity index (χ4v) is 0.546. The molecule has 0 aromatic carbocycles. The van der Waals surface area contributed by atoms with Gasteiger partial charge in [0.25, 0.3) is 0 Å². The highest BCUT2D eigenvalue weighted by atomic mass is 13.9. The topological polar surface area (TPSA) is 0 Å². The van der Waals surface area contributed by atoms with Crippen molar-refractivity contribution in [2.45, 2.75) is 27.2 Å². The van der Waals surface area contributed by atoms with Crippen molar-refractivity contribution >= 4 is 0 Å². The molecule has 0 unspecified atom stereocenters. The lowest BCUT2D eigenvalue weighted by molar-refractivity contribution is 1.20. The standard InChI is InChI=1S/C7H8.C2H6/c1-7-5-3-2-4-6-7;1-2/h3-5H,6H2,1H3;1-2H3. The zero-order valence-corrected chi connectivity index (χ0v) is 6.44. The summed E-state index contributed by atoms with van der Waals surface area (Å²) < 4.78 is 0. The summed E-state index contributed by atoms with van der Waals surface area (Å²) in [6.45, 7) is 6.12. The molecule has 0 aromatic rings. The van der Waals surface area contributed by atoms with Gasteiger partial charge in [-0.15, -0.1) is 5.73 Å². The van der Waals surface area contributed by atoms with E-state index >= 15 is 0 Å². The zero-order valence-electron chi connectivity index (χ0n) is 6.44. The molecule has 0 nitrogen and oxygen atoms in total. The van der Waals surface area contributed by atoms with Crippen LogP contribution in [0.15, 0.2) is 29.5 Å². The summed E-state index contributed by atoms with van der Waals surface area (Å²) >= 11 is 0. The van der Waals surface area contributed by atoms with Crippen LogP contribution in [0.25, 0.3) is 0 Å². The Morgan fingerprint density at radius 1 is 1.44 bits per heavy atom. The second-order valence-corrected chi connectivity index (χ2v) is 1.75. The summed E-state index contributed by atoms with van der Waals surface area (Å²) in [5, 5.41) is 0. The van der Waals surface area contributed by atoms with Crippen molar-refractivity contribution in [1.82, 2.24) is 0 Å². The van der Waals surface area contributed by atoms with E-state index in [1.54, 1.807) is 0 Å². The van der Waals surface area contributed by atoms with Crippen molar-refractivity contribution in [3.63, 3.8) is 0 Å². The highest BCUT2D eigenvalue weighted by Crippen LogP contribution is 2.02. The van der Waals surface area contributed by atoms with E-state index in [1.807, 2.05) is 26.0 Å². The molecule has 0 aromatic heterocycles. The first-order chi connectivity index (χ1) is 4.39. The quantitative estimate of drug-likeness (QED) is 0.433. The number of allylic oxidation sites excluding steroid dienone is 3. The summed E-state index contributed by atoms with van der Waals surface area (Å²) in [6.07, 6.45) is 7.14. The van der Waals surface area contributed by atoms with Crippen LogP contribution in [0.2, 0.25) is 0 Å². The molecule has 0 radical (unpaired) electrons. The Bertz CT molecular complexity index is 143. The summed E-state index contributed by atoms with van der Waals surface area (Å²) in [5.41, 5.74) is 4.40. The maximum atomic E-state index is 2.99. The van der Waals surface area contributed by atoms with Gasteiger partial charge in [0.1, 0.15) is 0 Å². The lowest BCUT2D eigenvalue weighted by atomic mass is 10.1. The molecule has 0 saturated carbocycles. The molecule has 0 amide bonds. The molecule has 0 aliphatic heterocycles. The third kappa shape index (κ3) is 3.81. The normalized spacial score (nSPS) is 13.9. The van der Waals surface area contributed by atoms with Gasteiger partial charge in [0.05, 0.1) is 0 Å². The van der Waals surface area contributed by atoms with E-state index < -0.39 is 0 Å². The molecule has 1 aliphatic carbocycles. The summed E-state index contributed by atoms with van der Waals surface area (Å²) in [6, 6.07) is 0. The minimum atomic E-state index is 1.08. The molecule has 0 bridgehead atoms. The fraction of sp³-hybridized carbons (Fsp3) is 0.444. The van der Waals surface area contributed by atoms with Gasteiger partial charge in [-0.3, -0.25) is 0 Å². The molecule has 1 rings (SSSR count). The maximum absolute atomic E-state index is 2.99. The van der Waals surface area contributed by atoms with Gasteiger partial charge in [0.2, 0.25) is 0 Å². The van der Waals surface area contributed by atoms with E-state index in [9.17, 15) is 0 Å². The van der Waals surface area contributed by atoms with Gasteiger partial charge in [-0.2, -0.15) is 0 Å². The van der Waals surface area contributed by atoms with Crippen LogP contribution in [0.3, 0.4) is 0 Å². The second kappa shape index (κ2) is 5.40. The zero-order chi connectivity index (χ0) is 7.11. The van der Waals surface area contributed by atoms with E-state index in [0.29, 0.717) is 0 Å². The van der Waals surface area contributed by atoms with Gasteiger partial charge in [-0.05, 0) is 25.5 Å². The predicted octanol–water partition coefficient (Wildman–Crippen LogP) is 3.07. The van der Waals surface area contributed by atoms with Gasteiger partial charge in [-0.25, -0.2) is 0 Å². The molecule has 0 heterocycles. The number of hydrogen-bond donors (Lipinski definition) is 0. The van der Waals surface area contributed by atoms with E-state index in [-0.39, 0.29) is 0 Å². The Labute approximate surface area is 57.6 Å². The van der Waals surface area contributed by atoms with E-state index in [2.05, 4.69) is 18.7 Å². The molecule has 1 aliphatic rings. The van der Waals surface area contributed by atoms with Crippen LogP contribution >= 0.6 is 0 Å². The Morgan fingerprint density at radius 2 is 2.11 bits per heavy atom. The smallest absolute Gasteiger partial charge is 0.00620 e. The first-order valence-electron chi connectivity index (χ1n) is 3.46. The molecule has 0 fully saturated rings. The molecule has 0 N–H and O–H groups in total. The predicted molar refractivity (Wildman–Crippen MR) is 42.4 cm³/mol. The molecule has 0 atom stereocenters. The summed E-state index contributed by atoms with van der Waals surface area (Å²) in [7, 11) is 0. The Kier molecular flexibility index (Phi) is 4.95. The van der Waals surface area contributed by atoms with Crippen LogP contribution in [0, 0.1) is 0 Å². The van der Waals surface area contributed by atoms with Gasteiger partial charge < -0.3 is 0 Å². The minimum absolute atomic E-state index is 1.08. The lowest BCUT2D eigenvalue weighted by Crippen LogP contribution is -1.72. The van der Waals surface area contributed by atoms with Crippen LogP contribution in [0.4, 0.5) is 0 Å².